The monoisotopic (exact) mass is 221 g/mol. The number of aromatic nitrogens is 6. The van der Waals surface area contributed by atoms with Crippen LogP contribution in [0.15, 0.2) is 6.20 Å². The van der Waals surface area contributed by atoms with Crippen LogP contribution < -0.4 is 5.73 Å². The molecule has 7 heteroatoms. The van der Waals surface area contributed by atoms with E-state index in [0.29, 0.717) is 5.82 Å². The molecule has 7 nitrogen and oxygen atoms in total. The summed E-state index contributed by atoms with van der Waals surface area (Å²) < 4.78 is 3.40. The van der Waals surface area contributed by atoms with Crippen LogP contribution in [0.25, 0.3) is 5.69 Å². The third-order valence-corrected chi connectivity index (χ3v) is 2.35. The molecule has 2 aromatic heterocycles. The molecule has 2 heterocycles. The van der Waals surface area contributed by atoms with E-state index in [1.807, 2.05) is 27.1 Å². The lowest BCUT2D eigenvalue weighted by atomic mass is 10.3. The van der Waals surface area contributed by atoms with Gasteiger partial charge in [-0.15, -0.1) is 5.10 Å². The first-order chi connectivity index (χ1) is 7.63. The van der Waals surface area contributed by atoms with Crippen LogP contribution in [-0.2, 0) is 13.5 Å². The SMILES string of the molecule is CCc1nn(C)cc1-n1nnnc1C(C)N. The number of nitrogens with two attached hydrogens (primary N) is 1. The number of nitrogens with zero attached hydrogens (tertiary/aromatic N) is 6. The number of hydrogen-bond acceptors (Lipinski definition) is 5. The Morgan fingerprint density at radius 1 is 1.50 bits per heavy atom. The fourth-order valence-corrected chi connectivity index (χ4v) is 1.60. The minimum absolute atomic E-state index is 0.208. The van der Waals surface area contributed by atoms with E-state index in [9.17, 15) is 0 Å². The summed E-state index contributed by atoms with van der Waals surface area (Å²) >= 11 is 0. The molecule has 0 aliphatic rings. The van der Waals surface area contributed by atoms with Crippen molar-refractivity contribution < 1.29 is 0 Å². The molecule has 0 fully saturated rings. The van der Waals surface area contributed by atoms with Crippen molar-refractivity contribution in [3.05, 3.63) is 17.7 Å². The lowest BCUT2D eigenvalue weighted by Crippen LogP contribution is -2.13. The average molecular weight is 221 g/mol. The molecule has 0 saturated heterocycles. The highest BCUT2D eigenvalue weighted by molar-refractivity contribution is 5.34. The van der Waals surface area contributed by atoms with Gasteiger partial charge in [-0.25, -0.2) is 0 Å². The van der Waals surface area contributed by atoms with E-state index in [2.05, 4.69) is 20.6 Å². The Morgan fingerprint density at radius 2 is 2.25 bits per heavy atom. The maximum Gasteiger partial charge on any atom is 0.173 e. The summed E-state index contributed by atoms with van der Waals surface area (Å²) in [5, 5.41) is 15.9. The summed E-state index contributed by atoms with van der Waals surface area (Å²) in [5.74, 6) is 0.641. The first-order valence-electron chi connectivity index (χ1n) is 5.20. The minimum atomic E-state index is -0.208. The topological polar surface area (TPSA) is 87.4 Å². The van der Waals surface area contributed by atoms with E-state index < -0.39 is 0 Å². The summed E-state index contributed by atoms with van der Waals surface area (Å²) in [7, 11) is 1.87. The molecule has 86 valence electrons. The molecule has 2 rings (SSSR count). The van der Waals surface area contributed by atoms with Crippen LogP contribution in [-0.4, -0.2) is 30.0 Å². The normalized spacial score (nSPS) is 13.0. The zero-order chi connectivity index (χ0) is 11.7. The molecule has 1 unspecified atom stereocenters. The molecular formula is C9H15N7. The minimum Gasteiger partial charge on any atom is -0.321 e. The third-order valence-electron chi connectivity index (χ3n) is 2.35. The number of rotatable bonds is 3. The van der Waals surface area contributed by atoms with Gasteiger partial charge in [0, 0.05) is 7.05 Å². The molecule has 0 aliphatic heterocycles. The molecule has 0 aromatic carbocycles. The second kappa shape index (κ2) is 4.01. The fraction of sp³-hybridized carbons (Fsp3) is 0.556. The number of aryl methyl sites for hydroxylation is 2. The van der Waals surface area contributed by atoms with E-state index in [4.69, 9.17) is 5.73 Å². The molecule has 16 heavy (non-hydrogen) atoms. The predicted octanol–water partition coefficient (Wildman–Crippen LogP) is -0.0221. The highest BCUT2D eigenvalue weighted by atomic mass is 15.6. The van der Waals surface area contributed by atoms with Crippen LogP contribution >= 0.6 is 0 Å². The molecule has 2 N–H and O–H groups in total. The summed E-state index contributed by atoms with van der Waals surface area (Å²) in [6, 6.07) is -0.208. The van der Waals surface area contributed by atoms with Gasteiger partial charge >= 0.3 is 0 Å². The zero-order valence-electron chi connectivity index (χ0n) is 9.62. The second-order valence-electron chi connectivity index (χ2n) is 3.73. The van der Waals surface area contributed by atoms with E-state index in [-0.39, 0.29) is 6.04 Å². The molecule has 0 bridgehead atoms. The smallest absolute Gasteiger partial charge is 0.173 e. The van der Waals surface area contributed by atoms with Gasteiger partial charge in [0.05, 0.1) is 17.9 Å². The van der Waals surface area contributed by atoms with Crippen molar-refractivity contribution in [1.29, 1.82) is 0 Å². The Morgan fingerprint density at radius 3 is 2.88 bits per heavy atom. The van der Waals surface area contributed by atoms with E-state index in [1.165, 1.54) is 0 Å². The Kier molecular flexibility index (Phi) is 2.69. The van der Waals surface area contributed by atoms with Crippen molar-refractivity contribution in [3.8, 4) is 5.69 Å². The highest BCUT2D eigenvalue weighted by Crippen LogP contribution is 2.15. The van der Waals surface area contributed by atoms with Crippen LogP contribution in [0.1, 0.15) is 31.4 Å². The van der Waals surface area contributed by atoms with Crippen LogP contribution in [0, 0.1) is 0 Å². The van der Waals surface area contributed by atoms with E-state index in [0.717, 1.165) is 17.8 Å². The van der Waals surface area contributed by atoms with Gasteiger partial charge in [-0.2, -0.15) is 9.78 Å². The van der Waals surface area contributed by atoms with Crippen LogP contribution in [0.3, 0.4) is 0 Å². The molecule has 1 atom stereocenters. The standard InChI is InChI=1S/C9H15N7/c1-4-7-8(5-15(3)12-7)16-9(6(2)10)11-13-14-16/h5-6H,4,10H2,1-3H3. The van der Waals surface area contributed by atoms with Crippen LogP contribution in [0.5, 0.6) is 0 Å². The van der Waals surface area contributed by atoms with Gasteiger partial charge < -0.3 is 5.73 Å². The lowest BCUT2D eigenvalue weighted by Gasteiger charge is -2.05. The van der Waals surface area contributed by atoms with Crippen molar-refractivity contribution in [2.45, 2.75) is 26.3 Å². The van der Waals surface area contributed by atoms with Gasteiger partial charge in [-0.3, -0.25) is 4.68 Å². The van der Waals surface area contributed by atoms with Crippen molar-refractivity contribution in [2.24, 2.45) is 12.8 Å². The Balaban J connectivity index is 2.53. The van der Waals surface area contributed by atoms with Gasteiger partial charge in [0.15, 0.2) is 5.82 Å². The van der Waals surface area contributed by atoms with Crippen molar-refractivity contribution >= 4 is 0 Å². The van der Waals surface area contributed by atoms with Crippen molar-refractivity contribution in [3.63, 3.8) is 0 Å². The van der Waals surface area contributed by atoms with Gasteiger partial charge in [0.25, 0.3) is 0 Å². The van der Waals surface area contributed by atoms with E-state index >= 15 is 0 Å². The zero-order valence-corrected chi connectivity index (χ0v) is 9.62. The Bertz CT molecular complexity index is 482. The van der Waals surface area contributed by atoms with Gasteiger partial charge in [-0.1, -0.05) is 6.92 Å². The molecule has 0 amide bonds. The molecule has 0 radical (unpaired) electrons. The number of tetrazole rings is 1. The maximum absolute atomic E-state index is 5.80. The van der Waals surface area contributed by atoms with Crippen molar-refractivity contribution in [1.82, 2.24) is 30.0 Å². The lowest BCUT2D eigenvalue weighted by molar-refractivity contribution is 0.684. The summed E-state index contributed by atoms with van der Waals surface area (Å²) in [6.45, 7) is 3.89. The van der Waals surface area contributed by atoms with Gasteiger partial charge in [0.2, 0.25) is 0 Å². The second-order valence-corrected chi connectivity index (χ2v) is 3.73. The first-order valence-corrected chi connectivity index (χ1v) is 5.20. The molecule has 2 aromatic rings. The number of hydrogen-bond donors (Lipinski definition) is 1. The quantitative estimate of drug-likeness (QED) is 0.786. The van der Waals surface area contributed by atoms with Gasteiger partial charge in [0.1, 0.15) is 5.69 Å². The fourth-order valence-electron chi connectivity index (χ4n) is 1.60. The molecular weight excluding hydrogens is 206 g/mol. The third kappa shape index (κ3) is 1.69. The summed E-state index contributed by atoms with van der Waals surface area (Å²) in [5.41, 5.74) is 7.65. The van der Waals surface area contributed by atoms with Crippen LogP contribution in [0.4, 0.5) is 0 Å². The Labute approximate surface area is 93.2 Å². The maximum atomic E-state index is 5.80. The molecule has 0 aliphatic carbocycles. The predicted molar refractivity (Wildman–Crippen MR) is 57.9 cm³/mol. The van der Waals surface area contributed by atoms with Gasteiger partial charge in [-0.05, 0) is 23.8 Å². The average Bonchev–Trinajstić information content (AvgIpc) is 2.82. The largest absolute Gasteiger partial charge is 0.321 e. The summed E-state index contributed by atoms with van der Waals surface area (Å²) in [4.78, 5) is 0. The molecule has 0 saturated carbocycles. The van der Waals surface area contributed by atoms with E-state index in [1.54, 1.807) is 9.36 Å². The van der Waals surface area contributed by atoms with Crippen LogP contribution in [0.2, 0.25) is 0 Å². The Hall–Kier alpha value is -1.76. The molecule has 0 spiro atoms. The summed E-state index contributed by atoms with van der Waals surface area (Å²) in [6.07, 6.45) is 2.72. The first kappa shape index (κ1) is 10.7. The highest BCUT2D eigenvalue weighted by Gasteiger charge is 2.16. The van der Waals surface area contributed by atoms with Crippen molar-refractivity contribution in [2.75, 3.05) is 0 Å².